The zero-order chi connectivity index (χ0) is 19.7. The fraction of sp³-hybridized carbons (Fsp3) is 0.318. The van der Waals surface area contributed by atoms with Crippen LogP contribution in [-0.4, -0.2) is 38.6 Å². The predicted octanol–water partition coefficient (Wildman–Crippen LogP) is -0.273. The maximum atomic E-state index is 10.4. The van der Waals surface area contributed by atoms with Gasteiger partial charge in [0.25, 0.3) is 6.23 Å². The van der Waals surface area contributed by atoms with Gasteiger partial charge in [-0.2, -0.15) is 4.57 Å². The van der Waals surface area contributed by atoms with Gasteiger partial charge < -0.3 is 37.4 Å². The van der Waals surface area contributed by atoms with Crippen molar-refractivity contribution in [2.45, 2.75) is 45.3 Å². The van der Waals surface area contributed by atoms with Gasteiger partial charge in [0.15, 0.2) is 18.5 Å². The van der Waals surface area contributed by atoms with E-state index in [0.29, 0.717) is 0 Å². The molecule has 1 aliphatic rings. The van der Waals surface area contributed by atoms with Crippen LogP contribution in [0.1, 0.15) is 24.3 Å². The lowest BCUT2D eigenvalue weighted by Gasteiger charge is -2.12. The number of phenols is 1. The van der Waals surface area contributed by atoms with Gasteiger partial charge >= 0.3 is 0 Å². The molecule has 0 bridgehead atoms. The van der Waals surface area contributed by atoms with Crippen LogP contribution in [0.2, 0.25) is 0 Å². The quantitative estimate of drug-likeness (QED) is 0.323. The van der Waals surface area contributed by atoms with Crippen molar-refractivity contribution in [2.75, 3.05) is 0 Å². The Morgan fingerprint density at radius 2 is 1.76 bits per heavy atom. The Morgan fingerprint density at radius 1 is 1.00 bits per heavy atom. The lowest BCUT2D eigenvalue weighted by molar-refractivity contribution is -0.764. The zero-order valence-electron chi connectivity index (χ0n) is 16.3. The number of hydrogen-bond acceptors (Lipinski definition) is 4. The van der Waals surface area contributed by atoms with E-state index in [4.69, 9.17) is 4.74 Å². The second-order valence-corrected chi connectivity index (χ2v) is 7.79. The number of aliphatic hydroxyl groups is 2. The number of rotatable bonds is 1. The molecule has 4 atom stereocenters. The Balaban J connectivity index is 0.00000205. The normalized spacial score (nSPS) is 24.4. The molecule has 1 saturated heterocycles. The number of halogens is 1. The van der Waals surface area contributed by atoms with Gasteiger partial charge in [-0.15, -0.1) is 0 Å². The maximum absolute atomic E-state index is 10.4. The number of H-pyrrole nitrogens is 1. The van der Waals surface area contributed by atoms with Crippen LogP contribution in [0.3, 0.4) is 0 Å². The summed E-state index contributed by atoms with van der Waals surface area (Å²) in [4.78, 5) is 3.48. The Kier molecular flexibility index (Phi) is 4.70. The lowest BCUT2D eigenvalue weighted by atomic mass is 9.97. The topological polar surface area (TPSA) is 89.6 Å². The first-order valence-corrected chi connectivity index (χ1v) is 9.46. The highest BCUT2D eigenvalue weighted by Gasteiger charge is 2.46. The molecule has 1 aliphatic heterocycles. The molecule has 0 unspecified atom stereocenters. The van der Waals surface area contributed by atoms with E-state index < -0.39 is 24.5 Å². The van der Waals surface area contributed by atoms with Gasteiger partial charge in [0.05, 0.1) is 11.6 Å². The largest absolute Gasteiger partial charge is 1.00 e. The lowest BCUT2D eigenvalue weighted by Crippen LogP contribution is -3.00. The smallest absolute Gasteiger partial charge is 0.291 e. The highest BCUT2D eigenvalue weighted by molar-refractivity contribution is 6.16. The van der Waals surface area contributed by atoms with Crippen LogP contribution < -0.4 is 17.0 Å². The van der Waals surface area contributed by atoms with Crippen LogP contribution in [0.4, 0.5) is 0 Å². The van der Waals surface area contributed by atoms with Crippen molar-refractivity contribution in [1.29, 1.82) is 0 Å². The summed E-state index contributed by atoms with van der Waals surface area (Å²) in [5.41, 5.74) is 4.25. The molecule has 4 aromatic rings. The van der Waals surface area contributed by atoms with E-state index >= 15 is 0 Å². The number of aryl methyl sites for hydroxylation is 2. The minimum absolute atomic E-state index is 0. The fourth-order valence-electron chi connectivity index (χ4n) is 4.49. The molecular weight excluding hydrogens is 392 g/mol. The van der Waals surface area contributed by atoms with Gasteiger partial charge in [0.2, 0.25) is 0 Å². The van der Waals surface area contributed by atoms with Crippen molar-refractivity contribution < 1.29 is 37.0 Å². The number of ether oxygens (including phenoxy) is 1. The second-order valence-electron chi connectivity index (χ2n) is 7.79. The molecule has 5 rings (SSSR count). The molecule has 0 saturated carbocycles. The summed E-state index contributed by atoms with van der Waals surface area (Å²) in [5, 5.41) is 34.6. The summed E-state index contributed by atoms with van der Waals surface area (Å²) in [6, 6.07) is 7.37. The van der Waals surface area contributed by atoms with Gasteiger partial charge in [-0.3, -0.25) is 0 Å². The Hall–Kier alpha value is -2.38. The Labute approximate surface area is 173 Å². The third-order valence-corrected chi connectivity index (χ3v) is 6.09. The average Bonchev–Trinajstić information content (AvgIpc) is 3.18. The van der Waals surface area contributed by atoms with Crippen LogP contribution >= 0.6 is 0 Å². The summed E-state index contributed by atoms with van der Waals surface area (Å²) < 4.78 is 7.60. The van der Waals surface area contributed by atoms with Crippen molar-refractivity contribution >= 4 is 32.6 Å². The molecule has 0 amide bonds. The number of aromatic hydroxyl groups is 1. The van der Waals surface area contributed by atoms with E-state index in [1.165, 1.54) is 0 Å². The Bertz CT molecular complexity index is 1250. The third-order valence-electron chi connectivity index (χ3n) is 6.09. The minimum Gasteiger partial charge on any atom is -1.00 e. The molecule has 3 heterocycles. The van der Waals surface area contributed by atoms with Crippen molar-refractivity contribution in [1.82, 2.24) is 4.98 Å². The molecule has 7 heteroatoms. The number of aromatic amines is 1. The zero-order valence-corrected chi connectivity index (χ0v) is 17.1. The molecular formula is C22H23ClN2O4. The van der Waals surface area contributed by atoms with Crippen LogP contribution in [0.15, 0.2) is 36.7 Å². The first kappa shape index (κ1) is 19.9. The molecule has 0 aliphatic carbocycles. The number of phenolic OH excluding ortho intramolecular Hbond substituents is 1. The van der Waals surface area contributed by atoms with Crippen molar-refractivity contribution in [3.05, 3.63) is 47.8 Å². The van der Waals surface area contributed by atoms with E-state index in [9.17, 15) is 15.3 Å². The SMILES string of the molecule is Cc1c2cc[n+]([C@@H]3O[C@@H](C)[C@H](O)[C@H]3O)cc2c(C)c2c1[nH]c1ccc(O)cc12.[Cl-]. The van der Waals surface area contributed by atoms with E-state index in [1.54, 1.807) is 19.1 Å². The number of aromatic nitrogens is 2. The van der Waals surface area contributed by atoms with Gasteiger partial charge in [-0.1, -0.05) is 0 Å². The van der Waals surface area contributed by atoms with Gasteiger partial charge in [-0.25, -0.2) is 0 Å². The van der Waals surface area contributed by atoms with E-state index in [-0.39, 0.29) is 18.2 Å². The van der Waals surface area contributed by atoms with Crippen LogP contribution in [0.25, 0.3) is 32.6 Å². The molecule has 2 aromatic carbocycles. The monoisotopic (exact) mass is 414 g/mol. The summed E-state index contributed by atoms with van der Waals surface area (Å²) in [6.45, 7) is 5.90. The summed E-state index contributed by atoms with van der Waals surface area (Å²) in [5.74, 6) is 0.235. The van der Waals surface area contributed by atoms with Crippen molar-refractivity contribution in [2.24, 2.45) is 0 Å². The number of nitrogens with zero attached hydrogens (tertiary/aromatic N) is 1. The van der Waals surface area contributed by atoms with Crippen LogP contribution in [0, 0.1) is 13.8 Å². The molecule has 1 fully saturated rings. The maximum Gasteiger partial charge on any atom is 0.291 e. The number of aliphatic hydroxyl groups excluding tert-OH is 2. The number of benzene rings is 2. The molecule has 0 radical (unpaired) electrons. The van der Waals surface area contributed by atoms with E-state index in [0.717, 1.165) is 43.7 Å². The highest BCUT2D eigenvalue weighted by Crippen LogP contribution is 2.37. The standard InChI is InChI=1S/C22H22N2O4.ClH/c1-10-16-9-24(22-21(27)20(26)12(3)28-22)7-6-14(16)11(2)19-18(10)15-8-13(25)4-5-17(15)23-19;/h4-9,12,20-22,25-27H,1-3H3;1H/t12-,20-,21+,22+;/m0./s1. The molecule has 152 valence electrons. The summed E-state index contributed by atoms with van der Waals surface area (Å²) >= 11 is 0. The average molecular weight is 415 g/mol. The molecule has 4 N–H and O–H groups in total. The van der Waals surface area contributed by atoms with Crippen LogP contribution in [-0.2, 0) is 4.74 Å². The molecule has 6 nitrogen and oxygen atoms in total. The summed E-state index contributed by atoms with van der Waals surface area (Å²) in [6.07, 6.45) is 0.912. The number of nitrogens with one attached hydrogen (secondary N) is 1. The first-order valence-electron chi connectivity index (χ1n) is 9.46. The fourth-order valence-corrected chi connectivity index (χ4v) is 4.49. The number of hydrogen-bond donors (Lipinski definition) is 4. The third kappa shape index (κ3) is 2.79. The van der Waals surface area contributed by atoms with Crippen molar-refractivity contribution in [3.63, 3.8) is 0 Å². The van der Waals surface area contributed by atoms with Gasteiger partial charge in [0.1, 0.15) is 11.9 Å². The number of fused-ring (bicyclic) bond motifs is 4. The van der Waals surface area contributed by atoms with Gasteiger partial charge in [0, 0.05) is 27.7 Å². The van der Waals surface area contributed by atoms with Gasteiger partial charge in [-0.05, 0) is 55.5 Å². The van der Waals surface area contributed by atoms with Crippen molar-refractivity contribution in [3.8, 4) is 5.75 Å². The second kappa shape index (κ2) is 6.85. The van der Waals surface area contributed by atoms with E-state index in [2.05, 4.69) is 18.8 Å². The Morgan fingerprint density at radius 3 is 2.45 bits per heavy atom. The highest BCUT2D eigenvalue weighted by atomic mass is 35.5. The predicted molar refractivity (Wildman–Crippen MR) is 106 cm³/mol. The first-order chi connectivity index (χ1) is 13.4. The molecule has 29 heavy (non-hydrogen) atoms. The minimum atomic E-state index is -0.979. The van der Waals surface area contributed by atoms with Crippen LogP contribution in [0.5, 0.6) is 5.75 Å². The number of pyridine rings is 1. The van der Waals surface area contributed by atoms with E-state index in [1.807, 2.05) is 29.1 Å². The molecule has 0 spiro atoms. The molecule has 2 aromatic heterocycles. The summed E-state index contributed by atoms with van der Waals surface area (Å²) in [7, 11) is 0.